The lowest BCUT2D eigenvalue weighted by Gasteiger charge is -2.32. The van der Waals surface area contributed by atoms with E-state index >= 15 is 0 Å². The number of hydrogen-bond donors (Lipinski definition) is 0. The molecule has 2 aromatic carbocycles. The largest absolute Gasteiger partial charge is 0.744 e. The Morgan fingerprint density at radius 2 is 1.10 bits per heavy atom. The minimum atomic E-state index is -4.65. The number of hydrogen-bond acceptors (Lipinski definition) is 6. The monoisotopic (exact) mass is 599 g/mol. The smallest absolute Gasteiger partial charge is 0.339 e. The fraction of sp³-hybridized carbons (Fsp3) is 0.636. The third kappa shape index (κ3) is 6.12. The molecule has 0 N–H and O–H groups in total. The van der Waals surface area contributed by atoms with Crippen molar-refractivity contribution in [2.75, 3.05) is 0 Å². The van der Waals surface area contributed by atoms with Gasteiger partial charge in [0.1, 0.15) is 20.8 Å². The molecular weight excluding hydrogens is 556 g/mol. The third-order valence-corrected chi connectivity index (χ3v) is 12.5. The van der Waals surface area contributed by atoms with Gasteiger partial charge in [0.05, 0.1) is 4.90 Å². The summed E-state index contributed by atoms with van der Waals surface area (Å²) >= 11 is 0. The molecule has 0 aromatic heterocycles. The lowest BCUT2D eigenvalue weighted by atomic mass is 9.76. The van der Waals surface area contributed by atoms with E-state index in [-0.39, 0.29) is 22.5 Å². The van der Waals surface area contributed by atoms with Crippen molar-refractivity contribution < 1.29 is 25.6 Å². The van der Waals surface area contributed by atoms with Crippen LogP contribution >= 0.6 is 0 Å². The van der Waals surface area contributed by atoms with Crippen LogP contribution in [0.4, 0.5) is 0 Å². The molecule has 2 aromatic rings. The van der Waals surface area contributed by atoms with E-state index < -0.39 is 20.2 Å². The summed E-state index contributed by atoms with van der Waals surface area (Å²) in [4.78, 5) is 0.125. The summed E-state index contributed by atoms with van der Waals surface area (Å²) in [5, 5.41) is 0. The first kappa shape index (κ1) is 29.2. The van der Waals surface area contributed by atoms with Gasteiger partial charge in [0.15, 0.2) is 0 Å². The van der Waals surface area contributed by atoms with Crippen molar-refractivity contribution in [2.24, 2.45) is 0 Å². The Balaban J connectivity index is 1.49. The van der Waals surface area contributed by atoms with E-state index in [1.165, 1.54) is 49.8 Å². The standard InChI is InChI=1S/C33H44O6S2/c34-40(35,36)32-20-19-31(27-17-10-18-28(27)32)39-41(37,38)33-29(24-13-6-2-7-14-24)21-26(23-11-4-1-5-12-23)22-30(33)25-15-8-3-9-16-25/h19-25H,1-18H2,(H,34,35,36)/p-1. The molecule has 0 atom stereocenters. The van der Waals surface area contributed by atoms with Gasteiger partial charge >= 0.3 is 10.1 Å². The fourth-order valence-corrected chi connectivity index (χ4v) is 10.5. The average Bonchev–Trinajstić information content (AvgIpc) is 3.48. The Morgan fingerprint density at radius 3 is 1.61 bits per heavy atom. The molecule has 41 heavy (non-hydrogen) atoms. The normalized spacial score (nSPS) is 21.6. The quantitative estimate of drug-likeness (QED) is 0.236. The molecule has 3 saturated carbocycles. The maximum absolute atomic E-state index is 14.5. The highest BCUT2D eigenvalue weighted by atomic mass is 32.2. The van der Waals surface area contributed by atoms with Gasteiger partial charge in [-0.25, -0.2) is 8.42 Å². The lowest BCUT2D eigenvalue weighted by Crippen LogP contribution is -2.21. The highest BCUT2D eigenvalue weighted by Crippen LogP contribution is 2.46. The highest BCUT2D eigenvalue weighted by molar-refractivity contribution is 7.87. The second-order valence-corrected chi connectivity index (χ2v) is 15.7. The van der Waals surface area contributed by atoms with Crippen molar-refractivity contribution in [3.05, 3.63) is 52.1 Å². The van der Waals surface area contributed by atoms with Crippen LogP contribution in [-0.2, 0) is 33.1 Å². The maximum Gasteiger partial charge on any atom is 0.339 e. The van der Waals surface area contributed by atoms with Crippen molar-refractivity contribution in [1.29, 1.82) is 0 Å². The Labute approximate surface area is 246 Å². The second-order valence-electron chi connectivity index (χ2n) is 12.9. The number of rotatable bonds is 7. The predicted molar refractivity (Wildman–Crippen MR) is 158 cm³/mol. The van der Waals surface area contributed by atoms with Crippen LogP contribution in [0.5, 0.6) is 5.75 Å². The van der Waals surface area contributed by atoms with Gasteiger partial charge in [-0.3, -0.25) is 0 Å². The van der Waals surface area contributed by atoms with Crippen LogP contribution in [-0.4, -0.2) is 21.4 Å². The van der Waals surface area contributed by atoms with Crippen molar-refractivity contribution in [1.82, 2.24) is 0 Å². The van der Waals surface area contributed by atoms with Crippen LogP contribution in [0.15, 0.2) is 34.1 Å². The molecule has 0 spiro atoms. The molecule has 0 aliphatic heterocycles. The first-order valence-corrected chi connectivity index (χ1v) is 18.8. The van der Waals surface area contributed by atoms with Crippen molar-refractivity contribution in [3.8, 4) is 5.75 Å². The van der Waals surface area contributed by atoms with Crippen molar-refractivity contribution in [2.45, 2.75) is 143 Å². The highest BCUT2D eigenvalue weighted by Gasteiger charge is 2.35. The Bertz CT molecular complexity index is 1440. The summed E-state index contributed by atoms with van der Waals surface area (Å²) in [7, 11) is -8.87. The zero-order chi connectivity index (χ0) is 28.6. The molecule has 3 fully saturated rings. The minimum Gasteiger partial charge on any atom is -0.744 e. The van der Waals surface area contributed by atoms with E-state index in [0.29, 0.717) is 41.2 Å². The third-order valence-electron chi connectivity index (χ3n) is 10.3. The SMILES string of the molecule is O=S(=O)([O-])c1ccc(OS(=O)(=O)c2c(C3CCCCC3)cc(C3CCCCC3)cc2C2CCCCC2)c2c1CCC2. The van der Waals surface area contributed by atoms with E-state index in [1.807, 2.05) is 0 Å². The first-order valence-electron chi connectivity index (χ1n) is 16.0. The van der Waals surface area contributed by atoms with E-state index in [1.54, 1.807) is 0 Å². The molecule has 0 unspecified atom stereocenters. The molecule has 224 valence electrons. The van der Waals surface area contributed by atoms with Crippen LogP contribution in [0.3, 0.4) is 0 Å². The van der Waals surface area contributed by atoms with Crippen LogP contribution in [0.2, 0.25) is 0 Å². The molecule has 0 heterocycles. The molecular formula is C33H43O6S2-. The van der Waals surface area contributed by atoms with E-state index in [4.69, 9.17) is 4.18 Å². The molecule has 8 heteroatoms. The van der Waals surface area contributed by atoms with Gasteiger partial charge in [-0.2, -0.15) is 8.42 Å². The molecule has 4 aliphatic rings. The van der Waals surface area contributed by atoms with Gasteiger partial charge in [-0.05, 0) is 110 Å². The Morgan fingerprint density at radius 1 is 0.610 bits per heavy atom. The minimum absolute atomic E-state index is 0.172. The molecule has 6 nitrogen and oxygen atoms in total. The van der Waals surface area contributed by atoms with E-state index in [0.717, 1.165) is 75.3 Å². The van der Waals surface area contributed by atoms with E-state index in [9.17, 15) is 21.4 Å². The van der Waals surface area contributed by atoms with Crippen LogP contribution < -0.4 is 4.18 Å². The average molecular weight is 600 g/mol. The van der Waals surface area contributed by atoms with Crippen LogP contribution in [0.1, 0.15) is 148 Å². The Hall–Kier alpha value is -1.90. The van der Waals surface area contributed by atoms with E-state index in [2.05, 4.69) is 12.1 Å². The summed E-state index contributed by atoms with van der Waals surface area (Å²) in [6.07, 6.45) is 18.4. The Kier molecular flexibility index (Phi) is 8.54. The summed E-state index contributed by atoms with van der Waals surface area (Å²) in [6, 6.07) is 7.06. The maximum atomic E-state index is 14.5. The molecule has 0 radical (unpaired) electrons. The molecule has 4 aliphatic carbocycles. The summed E-state index contributed by atoms with van der Waals surface area (Å²) in [5.41, 5.74) is 4.17. The molecule has 6 rings (SSSR count). The molecule has 0 amide bonds. The second kappa shape index (κ2) is 12.0. The van der Waals surface area contributed by atoms with Crippen LogP contribution in [0, 0.1) is 0 Å². The molecule has 0 saturated heterocycles. The summed E-state index contributed by atoms with van der Waals surface area (Å²) < 4.78 is 70.7. The molecule has 0 bridgehead atoms. The zero-order valence-electron chi connectivity index (χ0n) is 24.0. The first-order chi connectivity index (χ1) is 19.7. The lowest BCUT2D eigenvalue weighted by molar-refractivity contribution is 0.414. The van der Waals surface area contributed by atoms with Gasteiger partial charge in [0, 0.05) is 5.56 Å². The van der Waals surface area contributed by atoms with Gasteiger partial charge in [0.25, 0.3) is 0 Å². The van der Waals surface area contributed by atoms with Crippen molar-refractivity contribution in [3.63, 3.8) is 0 Å². The fourth-order valence-electron chi connectivity index (χ4n) is 8.20. The number of benzene rings is 2. The van der Waals surface area contributed by atoms with Gasteiger partial charge in [0.2, 0.25) is 0 Å². The predicted octanol–water partition coefficient (Wildman–Crippen LogP) is 7.99. The van der Waals surface area contributed by atoms with Crippen molar-refractivity contribution >= 4 is 20.2 Å². The van der Waals surface area contributed by atoms with Gasteiger partial charge in [-0.1, -0.05) is 69.9 Å². The summed E-state index contributed by atoms with van der Waals surface area (Å²) in [6.45, 7) is 0. The summed E-state index contributed by atoms with van der Waals surface area (Å²) in [5.74, 6) is 1.05. The van der Waals surface area contributed by atoms with Gasteiger partial charge in [-0.15, -0.1) is 0 Å². The van der Waals surface area contributed by atoms with Gasteiger partial charge < -0.3 is 8.74 Å². The zero-order valence-corrected chi connectivity index (χ0v) is 25.7. The number of fused-ring (bicyclic) bond motifs is 1. The van der Waals surface area contributed by atoms with Crippen LogP contribution in [0.25, 0.3) is 0 Å². The topological polar surface area (TPSA) is 101 Å².